The topological polar surface area (TPSA) is 80.6 Å². The molecule has 0 spiro atoms. The number of aromatic hydroxyl groups is 1. The molecule has 0 aliphatic heterocycles. The minimum absolute atomic E-state index is 0.00338. The van der Waals surface area contributed by atoms with E-state index in [2.05, 4.69) is 0 Å². The monoisotopic (exact) mass is 208 g/mol. The summed E-state index contributed by atoms with van der Waals surface area (Å²) in [6.45, 7) is 2.94. The Balaban J connectivity index is 3.13. The van der Waals surface area contributed by atoms with Crippen molar-refractivity contribution in [2.24, 2.45) is 0 Å². The Labute approximate surface area is 83.6 Å². The fourth-order valence-electron chi connectivity index (χ4n) is 1.31. The van der Waals surface area contributed by atoms with Crippen LogP contribution in [-0.4, -0.2) is 5.11 Å². The van der Waals surface area contributed by atoms with Gasteiger partial charge >= 0.3 is 0 Å². The van der Waals surface area contributed by atoms with Crippen LogP contribution in [0, 0.1) is 13.8 Å². The summed E-state index contributed by atoms with van der Waals surface area (Å²) in [5.41, 5.74) is -1.58. The zero-order chi connectivity index (χ0) is 11.2. The second-order valence-corrected chi connectivity index (χ2v) is 3.22. The molecule has 0 unspecified atom stereocenters. The minimum Gasteiger partial charge on any atom is -0.502 e. The predicted molar refractivity (Wildman–Crippen MR) is 52.2 cm³/mol. The highest BCUT2D eigenvalue weighted by Gasteiger charge is 2.14. The lowest BCUT2D eigenvalue weighted by Gasteiger charge is -2.00. The molecule has 2 heterocycles. The largest absolute Gasteiger partial charge is 0.502 e. The lowest BCUT2D eigenvalue weighted by molar-refractivity contribution is 0.418. The Bertz CT molecular complexity index is 647. The molecule has 0 fully saturated rings. The molecule has 15 heavy (non-hydrogen) atoms. The zero-order valence-corrected chi connectivity index (χ0v) is 8.16. The van der Waals surface area contributed by atoms with Crippen LogP contribution in [0.25, 0.3) is 11.2 Å². The summed E-state index contributed by atoms with van der Waals surface area (Å²) in [6.07, 6.45) is 0. The second kappa shape index (κ2) is 2.98. The van der Waals surface area contributed by atoms with Gasteiger partial charge in [0.25, 0.3) is 5.43 Å². The maximum absolute atomic E-state index is 11.5. The summed E-state index contributed by atoms with van der Waals surface area (Å²) in [6, 6.07) is 1.22. The minimum atomic E-state index is -0.727. The van der Waals surface area contributed by atoms with Crippen molar-refractivity contribution in [3.63, 3.8) is 0 Å². The third-order valence-corrected chi connectivity index (χ3v) is 2.04. The van der Waals surface area contributed by atoms with Gasteiger partial charge in [0, 0.05) is 6.07 Å². The van der Waals surface area contributed by atoms with E-state index in [0.717, 1.165) is 0 Å². The summed E-state index contributed by atoms with van der Waals surface area (Å²) in [7, 11) is 0. The summed E-state index contributed by atoms with van der Waals surface area (Å²) >= 11 is 0. The molecule has 5 nitrogen and oxygen atoms in total. The van der Waals surface area contributed by atoms with Crippen LogP contribution in [0.1, 0.15) is 11.5 Å². The fraction of sp³-hybridized carbons (Fsp3) is 0.200. The van der Waals surface area contributed by atoms with Crippen molar-refractivity contribution in [3.05, 3.63) is 38.0 Å². The number of hydrogen-bond donors (Lipinski definition) is 1. The Kier molecular flexibility index (Phi) is 1.89. The van der Waals surface area contributed by atoms with Crippen LogP contribution in [0.15, 0.2) is 24.5 Å². The van der Waals surface area contributed by atoms with E-state index in [-0.39, 0.29) is 16.9 Å². The SMILES string of the molecule is Cc1cc(=O)c2oc(C)c(O)c(=O)c2o1. The van der Waals surface area contributed by atoms with E-state index in [0.29, 0.717) is 5.76 Å². The van der Waals surface area contributed by atoms with Gasteiger partial charge in [-0.2, -0.15) is 0 Å². The van der Waals surface area contributed by atoms with Crippen LogP contribution in [0.2, 0.25) is 0 Å². The standard InChI is InChI=1S/C10H8O5/c1-4-3-6(11)9-10(14-4)8(13)7(12)5(2)15-9/h3,12H,1-2H3. The van der Waals surface area contributed by atoms with Crippen molar-refractivity contribution < 1.29 is 13.9 Å². The molecule has 0 saturated carbocycles. The molecule has 0 atom stereocenters. The predicted octanol–water partition coefficient (Wildman–Crippen LogP) is 1.07. The van der Waals surface area contributed by atoms with E-state index in [1.807, 2.05) is 0 Å². The fourth-order valence-corrected chi connectivity index (χ4v) is 1.31. The molecule has 5 heteroatoms. The molecule has 1 N–H and O–H groups in total. The molecule has 0 saturated heterocycles. The van der Waals surface area contributed by atoms with E-state index in [9.17, 15) is 14.7 Å². The van der Waals surface area contributed by atoms with E-state index in [1.165, 1.54) is 19.9 Å². The Morgan fingerprint density at radius 3 is 2.47 bits per heavy atom. The van der Waals surface area contributed by atoms with Gasteiger partial charge < -0.3 is 13.9 Å². The number of hydrogen-bond acceptors (Lipinski definition) is 5. The van der Waals surface area contributed by atoms with Crippen molar-refractivity contribution in [2.45, 2.75) is 13.8 Å². The summed E-state index contributed by atoms with van der Waals surface area (Å²) in [5, 5.41) is 9.32. The van der Waals surface area contributed by atoms with Gasteiger partial charge in [0.15, 0.2) is 0 Å². The van der Waals surface area contributed by atoms with Gasteiger partial charge in [-0.1, -0.05) is 0 Å². The molecule has 0 bridgehead atoms. The zero-order valence-electron chi connectivity index (χ0n) is 8.16. The molecule has 0 aromatic carbocycles. The van der Waals surface area contributed by atoms with Gasteiger partial charge in [0.05, 0.1) is 0 Å². The highest BCUT2D eigenvalue weighted by atomic mass is 16.4. The maximum atomic E-state index is 11.5. The summed E-state index contributed by atoms with van der Waals surface area (Å²) in [4.78, 5) is 23.0. The van der Waals surface area contributed by atoms with Crippen LogP contribution in [-0.2, 0) is 0 Å². The normalized spacial score (nSPS) is 10.8. The average molecular weight is 208 g/mol. The first-order valence-corrected chi connectivity index (χ1v) is 4.28. The van der Waals surface area contributed by atoms with Crippen molar-refractivity contribution >= 4 is 11.2 Å². The molecule has 0 aliphatic rings. The molecule has 78 valence electrons. The third-order valence-electron chi connectivity index (χ3n) is 2.04. The average Bonchev–Trinajstić information content (AvgIpc) is 2.17. The van der Waals surface area contributed by atoms with Gasteiger partial charge in [-0.05, 0) is 13.8 Å². The van der Waals surface area contributed by atoms with E-state index in [1.54, 1.807) is 0 Å². The first kappa shape index (κ1) is 9.51. The summed E-state index contributed by atoms with van der Waals surface area (Å²) < 4.78 is 10.0. The van der Waals surface area contributed by atoms with Gasteiger partial charge in [-0.25, -0.2) is 0 Å². The molecule has 0 amide bonds. The lowest BCUT2D eigenvalue weighted by Crippen LogP contribution is -2.09. The molecular weight excluding hydrogens is 200 g/mol. The Morgan fingerprint density at radius 2 is 1.80 bits per heavy atom. The Morgan fingerprint density at radius 1 is 1.13 bits per heavy atom. The molecule has 0 radical (unpaired) electrons. The van der Waals surface area contributed by atoms with E-state index >= 15 is 0 Å². The van der Waals surface area contributed by atoms with Crippen molar-refractivity contribution in [1.82, 2.24) is 0 Å². The molecule has 2 aromatic rings. The van der Waals surface area contributed by atoms with E-state index < -0.39 is 16.6 Å². The van der Waals surface area contributed by atoms with Crippen LogP contribution in [0.4, 0.5) is 0 Å². The quantitative estimate of drug-likeness (QED) is 0.700. The van der Waals surface area contributed by atoms with Crippen LogP contribution < -0.4 is 10.9 Å². The number of aryl methyl sites for hydroxylation is 2. The first-order chi connectivity index (χ1) is 7.00. The third kappa shape index (κ3) is 1.32. The highest BCUT2D eigenvalue weighted by Crippen LogP contribution is 2.16. The molecular formula is C10H8O5. The van der Waals surface area contributed by atoms with Gasteiger partial charge in [-0.3, -0.25) is 9.59 Å². The van der Waals surface area contributed by atoms with Crippen molar-refractivity contribution in [2.75, 3.05) is 0 Å². The van der Waals surface area contributed by atoms with Crippen molar-refractivity contribution in [1.29, 1.82) is 0 Å². The summed E-state index contributed by atoms with van der Waals surface area (Å²) in [5.74, 6) is -0.233. The number of rotatable bonds is 0. The Hall–Kier alpha value is -2.04. The molecule has 2 rings (SSSR count). The van der Waals surface area contributed by atoms with Gasteiger partial charge in [0.2, 0.25) is 22.3 Å². The van der Waals surface area contributed by atoms with Crippen LogP contribution >= 0.6 is 0 Å². The van der Waals surface area contributed by atoms with E-state index in [4.69, 9.17) is 8.83 Å². The molecule has 2 aromatic heterocycles. The van der Waals surface area contributed by atoms with Gasteiger partial charge in [-0.15, -0.1) is 0 Å². The number of fused-ring (bicyclic) bond motifs is 1. The smallest absolute Gasteiger partial charge is 0.270 e. The van der Waals surface area contributed by atoms with Crippen LogP contribution in [0.3, 0.4) is 0 Å². The highest BCUT2D eigenvalue weighted by molar-refractivity contribution is 5.70. The lowest BCUT2D eigenvalue weighted by atomic mass is 10.3. The molecule has 0 aliphatic carbocycles. The maximum Gasteiger partial charge on any atom is 0.270 e. The van der Waals surface area contributed by atoms with Crippen molar-refractivity contribution in [3.8, 4) is 5.75 Å². The van der Waals surface area contributed by atoms with Gasteiger partial charge in [0.1, 0.15) is 11.5 Å². The first-order valence-electron chi connectivity index (χ1n) is 4.28. The second-order valence-electron chi connectivity index (χ2n) is 3.22. The van der Waals surface area contributed by atoms with Crippen LogP contribution in [0.5, 0.6) is 5.75 Å².